The molecule has 0 rings (SSSR count). The van der Waals surface area contributed by atoms with Gasteiger partial charge in [0.25, 0.3) is 0 Å². The third kappa shape index (κ3) is 47.9. The molecular formula is C56H107NO4. The SMILES string of the molecule is CCCCCCCCC/C=C/CC/C=C/C(O)C(CO)NC(=O)CC(O)CCCCCCCCCCCCCCCCC/C=C\CCCCCCCCCCCCCCCC. The van der Waals surface area contributed by atoms with E-state index in [1.807, 2.05) is 6.08 Å². The Kier molecular flexibility index (Phi) is 50.0. The van der Waals surface area contributed by atoms with E-state index in [2.05, 4.69) is 43.5 Å². The Morgan fingerprint density at radius 1 is 0.410 bits per heavy atom. The maximum Gasteiger partial charge on any atom is 0.222 e. The Morgan fingerprint density at radius 2 is 0.705 bits per heavy atom. The summed E-state index contributed by atoms with van der Waals surface area (Å²) in [7, 11) is 0. The zero-order valence-corrected chi connectivity index (χ0v) is 41.1. The van der Waals surface area contributed by atoms with E-state index in [4.69, 9.17) is 0 Å². The zero-order chi connectivity index (χ0) is 44.4. The van der Waals surface area contributed by atoms with Gasteiger partial charge in [-0.3, -0.25) is 4.79 Å². The Hall–Kier alpha value is -1.43. The second kappa shape index (κ2) is 51.2. The van der Waals surface area contributed by atoms with E-state index in [1.165, 1.54) is 231 Å². The first-order valence-electron chi connectivity index (χ1n) is 27.3. The molecule has 0 bridgehead atoms. The molecule has 0 spiro atoms. The summed E-state index contributed by atoms with van der Waals surface area (Å²) in [5.74, 6) is -0.323. The van der Waals surface area contributed by atoms with E-state index >= 15 is 0 Å². The molecule has 0 heterocycles. The predicted octanol–water partition coefficient (Wildman–Crippen LogP) is 16.7. The molecule has 0 aromatic rings. The lowest BCUT2D eigenvalue weighted by molar-refractivity contribution is -0.124. The van der Waals surface area contributed by atoms with E-state index in [0.717, 1.165) is 32.1 Å². The third-order valence-corrected chi connectivity index (χ3v) is 12.6. The Bertz CT molecular complexity index is 947. The number of carbonyl (C=O) groups is 1. The average molecular weight is 858 g/mol. The van der Waals surface area contributed by atoms with Crippen LogP contribution in [0.5, 0.6) is 0 Å². The van der Waals surface area contributed by atoms with Gasteiger partial charge >= 0.3 is 0 Å². The first-order chi connectivity index (χ1) is 30.0. The van der Waals surface area contributed by atoms with Gasteiger partial charge in [-0.2, -0.15) is 0 Å². The summed E-state index contributed by atoms with van der Waals surface area (Å²) in [4.78, 5) is 12.5. The number of carbonyl (C=O) groups excluding carboxylic acids is 1. The molecule has 3 unspecified atom stereocenters. The summed E-state index contributed by atoms with van der Waals surface area (Å²) in [5, 5.41) is 33.3. The molecule has 360 valence electrons. The quantitative estimate of drug-likeness (QED) is 0.0362. The highest BCUT2D eigenvalue weighted by molar-refractivity contribution is 5.76. The number of rotatable bonds is 50. The second-order valence-corrected chi connectivity index (χ2v) is 18.8. The first kappa shape index (κ1) is 59.6. The van der Waals surface area contributed by atoms with Gasteiger partial charge in [-0.05, 0) is 57.8 Å². The first-order valence-corrected chi connectivity index (χ1v) is 27.3. The van der Waals surface area contributed by atoms with Gasteiger partial charge in [0.05, 0.1) is 31.3 Å². The monoisotopic (exact) mass is 858 g/mol. The van der Waals surface area contributed by atoms with E-state index in [0.29, 0.717) is 6.42 Å². The van der Waals surface area contributed by atoms with Gasteiger partial charge in [0.15, 0.2) is 0 Å². The van der Waals surface area contributed by atoms with E-state index < -0.39 is 18.2 Å². The lowest BCUT2D eigenvalue weighted by atomic mass is 10.0. The number of aliphatic hydroxyl groups excluding tert-OH is 3. The topological polar surface area (TPSA) is 89.8 Å². The van der Waals surface area contributed by atoms with Crippen LogP contribution in [0.2, 0.25) is 0 Å². The summed E-state index contributed by atoms with van der Waals surface area (Å²) < 4.78 is 0. The van der Waals surface area contributed by atoms with Crippen LogP contribution in [0.15, 0.2) is 36.5 Å². The molecule has 0 aromatic carbocycles. The molecule has 0 saturated carbocycles. The van der Waals surface area contributed by atoms with Crippen molar-refractivity contribution in [1.82, 2.24) is 5.32 Å². The Labute approximate surface area is 381 Å². The zero-order valence-electron chi connectivity index (χ0n) is 41.1. The van der Waals surface area contributed by atoms with Crippen LogP contribution in [0.25, 0.3) is 0 Å². The molecule has 0 radical (unpaired) electrons. The van der Waals surface area contributed by atoms with Crippen molar-refractivity contribution in [1.29, 1.82) is 0 Å². The lowest BCUT2D eigenvalue weighted by Crippen LogP contribution is -2.45. The number of amides is 1. The normalized spacial score (nSPS) is 13.6. The van der Waals surface area contributed by atoms with Crippen molar-refractivity contribution in [3.8, 4) is 0 Å². The highest BCUT2D eigenvalue weighted by Gasteiger charge is 2.20. The third-order valence-electron chi connectivity index (χ3n) is 12.6. The van der Waals surface area contributed by atoms with Crippen molar-refractivity contribution in [2.45, 2.75) is 308 Å². The average Bonchev–Trinajstić information content (AvgIpc) is 3.25. The van der Waals surface area contributed by atoms with Gasteiger partial charge in [-0.25, -0.2) is 0 Å². The molecule has 1 amide bonds. The van der Waals surface area contributed by atoms with Gasteiger partial charge in [0, 0.05) is 0 Å². The van der Waals surface area contributed by atoms with Crippen LogP contribution in [0.3, 0.4) is 0 Å². The number of allylic oxidation sites excluding steroid dienone is 5. The second-order valence-electron chi connectivity index (χ2n) is 18.8. The summed E-state index contributed by atoms with van der Waals surface area (Å²) >= 11 is 0. The fraction of sp³-hybridized carbons (Fsp3) is 0.875. The largest absolute Gasteiger partial charge is 0.394 e. The minimum atomic E-state index is -0.950. The standard InChI is InChI=1S/C56H107NO4/c1-3-5-7-9-11-13-15-17-18-19-20-21-22-23-24-25-26-27-28-29-30-31-32-33-34-35-36-38-39-41-43-45-47-49-53(59)51-56(61)57-54(52-58)55(60)50-48-46-44-42-40-37-16-14-12-10-8-6-4-2/h25-26,40,42,48,50,53-55,58-60H,3-24,27-39,41,43-47,49,51-52H2,1-2H3,(H,57,61)/b26-25-,42-40+,50-48+. The van der Waals surface area contributed by atoms with E-state index in [-0.39, 0.29) is 18.9 Å². The van der Waals surface area contributed by atoms with Crippen molar-refractivity contribution in [3.63, 3.8) is 0 Å². The van der Waals surface area contributed by atoms with E-state index in [9.17, 15) is 20.1 Å². The van der Waals surface area contributed by atoms with Crippen LogP contribution in [0.1, 0.15) is 290 Å². The maximum atomic E-state index is 12.5. The van der Waals surface area contributed by atoms with Crippen molar-refractivity contribution in [2.75, 3.05) is 6.61 Å². The molecule has 4 N–H and O–H groups in total. The van der Waals surface area contributed by atoms with Crippen molar-refractivity contribution in [3.05, 3.63) is 36.5 Å². The van der Waals surface area contributed by atoms with Crippen molar-refractivity contribution < 1.29 is 20.1 Å². The number of hydrogen-bond donors (Lipinski definition) is 4. The van der Waals surface area contributed by atoms with Crippen LogP contribution >= 0.6 is 0 Å². The molecule has 0 aliphatic carbocycles. The molecule has 0 aromatic heterocycles. The number of hydrogen-bond acceptors (Lipinski definition) is 4. The highest BCUT2D eigenvalue weighted by atomic mass is 16.3. The molecule has 0 fully saturated rings. The van der Waals surface area contributed by atoms with Crippen molar-refractivity contribution >= 4 is 5.91 Å². The van der Waals surface area contributed by atoms with Gasteiger partial charge in [-0.1, -0.05) is 262 Å². The van der Waals surface area contributed by atoms with Gasteiger partial charge in [-0.15, -0.1) is 0 Å². The van der Waals surface area contributed by atoms with Crippen molar-refractivity contribution in [2.24, 2.45) is 0 Å². The van der Waals surface area contributed by atoms with Crippen LogP contribution in [-0.2, 0) is 4.79 Å². The summed E-state index contributed by atoms with van der Waals surface area (Å²) in [6.07, 6.45) is 66.3. The predicted molar refractivity (Wildman–Crippen MR) is 268 cm³/mol. The smallest absolute Gasteiger partial charge is 0.222 e. The molecule has 0 aliphatic heterocycles. The van der Waals surface area contributed by atoms with Crippen LogP contribution in [-0.4, -0.2) is 46.1 Å². The summed E-state index contributed by atoms with van der Waals surface area (Å²) in [6.45, 7) is 4.21. The van der Waals surface area contributed by atoms with Gasteiger partial charge in [0.2, 0.25) is 5.91 Å². The summed E-state index contributed by atoms with van der Waals surface area (Å²) in [6, 6.07) is -0.759. The molecule has 0 aliphatic rings. The minimum absolute atomic E-state index is 0.00764. The highest BCUT2D eigenvalue weighted by Crippen LogP contribution is 2.17. The van der Waals surface area contributed by atoms with E-state index in [1.54, 1.807) is 6.08 Å². The summed E-state index contributed by atoms with van der Waals surface area (Å²) in [5.41, 5.74) is 0. The van der Waals surface area contributed by atoms with Gasteiger partial charge < -0.3 is 20.6 Å². The number of unbranched alkanes of at least 4 members (excludes halogenated alkanes) is 37. The number of aliphatic hydroxyl groups is 3. The molecule has 0 saturated heterocycles. The minimum Gasteiger partial charge on any atom is -0.394 e. The molecule has 3 atom stereocenters. The fourth-order valence-corrected chi connectivity index (χ4v) is 8.47. The molecule has 5 nitrogen and oxygen atoms in total. The van der Waals surface area contributed by atoms with Crippen LogP contribution in [0.4, 0.5) is 0 Å². The van der Waals surface area contributed by atoms with Crippen LogP contribution in [0, 0.1) is 0 Å². The van der Waals surface area contributed by atoms with Crippen LogP contribution < -0.4 is 5.32 Å². The Balaban J connectivity index is 3.50. The van der Waals surface area contributed by atoms with Gasteiger partial charge in [0.1, 0.15) is 0 Å². The number of nitrogens with one attached hydrogen (secondary N) is 1. The lowest BCUT2D eigenvalue weighted by Gasteiger charge is -2.21. The fourth-order valence-electron chi connectivity index (χ4n) is 8.47. The molecule has 61 heavy (non-hydrogen) atoms. The molecular weight excluding hydrogens is 751 g/mol. The molecule has 5 heteroatoms. The Morgan fingerprint density at radius 3 is 1.05 bits per heavy atom. The maximum absolute atomic E-state index is 12.5.